The van der Waals surface area contributed by atoms with Gasteiger partial charge in [0.05, 0.1) is 11.4 Å². The zero-order valence-electron chi connectivity index (χ0n) is 33.7. The van der Waals surface area contributed by atoms with Gasteiger partial charge < -0.3 is 4.42 Å². The van der Waals surface area contributed by atoms with Gasteiger partial charge in [-0.3, -0.25) is 0 Å². The fourth-order valence-corrected chi connectivity index (χ4v) is 11.7. The second-order valence-corrected chi connectivity index (χ2v) is 18.2. The fourth-order valence-electron chi connectivity index (χ4n) is 9.24. The van der Waals surface area contributed by atoms with Gasteiger partial charge in [0.25, 0.3) is 0 Å². The zero-order chi connectivity index (χ0) is 41.4. The smallest absolute Gasteiger partial charge is 0.160 e. The summed E-state index contributed by atoms with van der Waals surface area (Å²) in [5.74, 6) is 0.641. The molecule has 0 bridgehead atoms. The summed E-state index contributed by atoms with van der Waals surface area (Å²) < 4.78 is 11.5. The van der Waals surface area contributed by atoms with Gasteiger partial charge in [0.1, 0.15) is 11.2 Å². The molecule has 5 heteroatoms. The normalized spacial score (nSPS) is 11.8. The summed E-state index contributed by atoms with van der Waals surface area (Å²) in [5, 5.41) is 7.30. The van der Waals surface area contributed by atoms with Crippen LogP contribution in [0.25, 0.3) is 130 Å². The average molecular weight is 839 g/mol. The van der Waals surface area contributed by atoms with E-state index in [0.29, 0.717) is 5.82 Å². The van der Waals surface area contributed by atoms with Crippen molar-refractivity contribution in [2.75, 3.05) is 0 Å². The topological polar surface area (TPSA) is 38.9 Å². The lowest BCUT2D eigenvalue weighted by atomic mass is 9.93. The summed E-state index contributed by atoms with van der Waals surface area (Å²) in [7, 11) is 0. The van der Waals surface area contributed by atoms with Crippen LogP contribution in [0.2, 0.25) is 0 Å². The minimum atomic E-state index is 0.641. The number of furan rings is 1. The molecule has 0 spiro atoms. The largest absolute Gasteiger partial charge is 0.456 e. The third kappa shape index (κ3) is 6.08. The van der Waals surface area contributed by atoms with Gasteiger partial charge in [0.2, 0.25) is 0 Å². The number of para-hydroxylation sites is 1. The lowest BCUT2D eigenvalue weighted by Gasteiger charge is -2.14. The molecule has 13 aromatic rings. The highest BCUT2D eigenvalue weighted by Gasteiger charge is 2.19. The molecule has 13 rings (SSSR count). The summed E-state index contributed by atoms with van der Waals surface area (Å²) in [4.78, 5) is 10.7. The Hall–Kier alpha value is -7.70. The van der Waals surface area contributed by atoms with Crippen LogP contribution in [0.15, 0.2) is 211 Å². The molecule has 0 amide bonds. The van der Waals surface area contributed by atoms with Gasteiger partial charge in [0.15, 0.2) is 5.82 Å². The molecular formula is C58H34N2OS2. The lowest BCUT2D eigenvalue weighted by Crippen LogP contribution is -1.97. The van der Waals surface area contributed by atoms with Crippen molar-refractivity contribution < 1.29 is 4.42 Å². The Morgan fingerprint density at radius 3 is 1.46 bits per heavy atom. The summed E-state index contributed by atoms with van der Waals surface area (Å²) >= 11 is 3.72. The van der Waals surface area contributed by atoms with E-state index in [2.05, 4.69) is 194 Å². The van der Waals surface area contributed by atoms with E-state index < -0.39 is 0 Å². The number of hydrogen-bond acceptors (Lipinski definition) is 5. The van der Waals surface area contributed by atoms with Gasteiger partial charge in [-0.25, -0.2) is 9.97 Å². The standard InChI is InChI=1S/C58H34N2OS2/c1-2-12-35(13-3-1)36-24-26-37(27-25-36)50-34-51(60-58(59-50)38-28-29-45-44-14-4-7-21-52(44)61-53(45)33-38)41-31-39(42-17-10-19-48-46-15-5-8-22-54(46)62-56(42)48)30-40(32-41)43-18-11-20-49-47-16-6-9-23-55(47)63-57(43)49/h1-34H. The van der Waals surface area contributed by atoms with E-state index in [0.717, 1.165) is 66.7 Å². The highest BCUT2D eigenvalue weighted by Crippen LogP contribution is 2.45. The summed E-state index contributed by atoms with van der Waals surface area (Å²) in [5.41, 5.74) is 13.4. The molecule has 0 fully saturated rings. The Balaban J connectivity index is 1.05. The molecule has 4 heterocycles. The first-order valence-electron chi connectivity index (χ1n) is 21.1. The van der Waals surface area contributed by atoms with Crippen molar-refractivity contribution in [1.82, 2.24) is 9.97 Å². The second-order valence-electron chi connectivity index (χ2n) is 16.1. The number of fused-ring (bicyclic) bond motifs is 9. The molecule has 0 aliphatic carbocycles. The highest BCUT2D eigenvalue weighted by atomic mass is 32.1. The van der Waals surface area contributed by atoms with Crippen LogP contribution in [0.4, 0.5) is 0 Å². The molecule has 0 atom stereocenters. The Morgan fingerprint density at radius 1 is 0.302 bits per heavy atom. The Morgan fingerprint density at radius 2 is 0.794 bits per heavy atom. The van der Waals surface area contributed by atoms with Crippen LogP contribution < -0.4 is 0 Å². The second kappa shape index (κ2) is 14.5. The van der Waals surface area contributed by atoms with E-state index in [4.69, 9.17) is 14.4 Å². The molecule has 0 saturated heterocycles. The molecule has 0 N–H and O–H groups in total. The Labute approximate surface area is 370 Å². The summed E-state index contributed by atoms with van der Waals surface area (Å²) in [6.45, 7) is 0. The van der Waals surface area contributed by atoms with E-state index in [9.17, 15) is 0 Å². The first-order valence-corrected chi connectivity index (χ1v) is 22.8. The molecule has 4 aromatic heterocycles. The zero-order valence-corrected chi connectivity index (χ0v) is 35.4. The molecule has 0 unspecified atom stereocenters. The fraction of sp³-hybridized carbons (Fsp3) is 0. The van der Waals surface area contributed by atoms with Crippen molar-refractivity contribution in [1.29, 1.82) is 0 Å². The van der Waals surface area contributed by atoms with Crippen molar-refractivity contribution in [3.63, 3.8) is 0 Å². The maximum Gasteiger partial charge on any atom is 0.160 e. The monoisotopic (exact) mass is 838 g/mol. The van der Waals surface area contributed by atoms with Crippen molar-refractivity contribution in [3.8, 4) is 67.3 Å². The Kier molecular flexibility index (Phi) is 8.26. The third-order valence-electron chi connectivity index (χ3n) is 12.3. The first kappa shape index (κ1) is 36.0. The van der Waals surface area contributed by atoms with Crippen molar-refractivity contribution >= 4 is 85.0 Å². The lowest BCUT2D eigenvalue weighted by molar-refractivity contribution is 0.669. The molecule has 0 aliphatic rings. The minimum absolute atomic E-state index is 0.641. The quantitative estimate of drug-likeness (QED) is 0.167. The van der Waals surface area contributed by atoms with Crippen LogP contribution in [-0.4, -0.2) is 9.97 Å². The van der Waals surface area contributed by atoms with Crippen molar-refractivity contribution in [2.45, 2.75) is 0 Å². The van der Waals surface area contributed by atoms with Crippen molar-refractivity contribution in [2.24, 2.45) is 0 Å². The van der Waals surface area contributed by atoms with Crippen LogP contribution in [-0.2, 0) is 0 Å². The number of nitrogens with zero attached hydrogens (tertiary/aromatic N) is 2. The number of benzene rings is 9. The first-order chi connectivity index (χ1) is 31.2. The third-order valence-corrected chi connectivity index (χ3v) is 14.7. The molecule has 0 radical (unpaired) electrons. The molecule has 294 valence electrons. The number of hydrogen-bond donors (Lipinski definition) is 0. The van der Waals surface area contributed by atoms with E-state index in [1.807, 2.05) is 34.8 Å². The maximum absolute atomic E-state index is 6.39. The molecule has 3 nitrogen and oxygen atoms in total. The van der Waals surface area contributed by atoms with E-state index >= 15 is 0 Å². The summed E-state index contributed by atoms with van der Waals surface area (Å²) in [6.07, 6.45) is 0. The molecule has 9 aromatic carbocycles. The van der Waals surface area contributed by atoms with Crippen LogP contribution in [0.3, 0.4) is 0 Å². The van der Waals surface area contributed by atoms with Gasteiger partial charge in [-0.1, -0.05) is 152 Å². The summed E-state index contributed by atoms with van der Waals surface area (Å²) in [6, 6.07) is 73.9. The van der Waals surface area contributed by atoms with E-state index in [1.165, 1.54) is 57.0 Å². The molecule has 0 saturated carbocycles. The SMILES string of the molecule is c1ccc(-c2ccc(-c3cc(-c4cc(-c5cccc6c5sc5ccccc56)cc(-c5cccc6c5sc5ccccc56)c4)nc(-c4ccc5c(c4)oc4ccccc45)n3)cc2)cc1. The van der Waals surface area contributed by atoms with Crippen LogP contribution in [0.1, 0.15) is 0 Å². The average Bonchev–Trinajstić information content (AvgIpc) is 4.05. The molecule has 0 aliphatic heterocycles. The Bertz CT molecular complexity index is 3780. The number of aromatic nitrogens is 2. The van der Waals surface area contributed by atoms with Gasteiger partial charge in [-0.05, 0) is 88.0 Å². The minimum Gasteiger partial charge on any atom is -0.456 e. The van der Waals surface area contributed by atoms with Crippen LogP contribution in [0, 0.1) is 0 Å². The van der Waals surface area contributed by atoms with Crippen LogP contribution in [0.5, 0.6) is 0 Å². The predicted molar refractivity (Wildman–Crippen MR) is 268 cm³/mol. The van der Waals surface area contributed by atoms with E-state index in [-0.39, 0.29) is 0 Å². The van der Waals surface area contributed by atoms with Crippen molar-refractivity contribution in [3.05, 3.63) is 206 Å². The highest BCUT2D eigenvalue weighted by molar-refractivity contribution is 7.26. The van der Waals surface area contributed by atoms with Gasteiger partial charge in [-0.2, -0.15) is 0 Å². The van der Waals surface area contributed by atoms with E-state index in [1.54, 1.807) is 0 Å². The molecule has 63 heavy (non-hydrogen) atoms. The number of rotatable bonds is 6. The number of thiophene rings is 2. The van der Waals surface area contributed by atoms with Gasteiger partial charge in [0, 0.05) is 67.8 Å². The van der Waals surface area contributed by atoms with Gasteiger partial charge in [-0.15, -0.1) is 22.7 Å². The van der Waals surface area contributed by atoms with Crippen LogP contribution >= 0.6 is 22.7 Å². The van der Waals surface area contributed by atoms with Gasteiger partial charge >= 0.3 is 0 Å². The predicted octanol–water partition coefficient (Wildman–Crippen LogP) is 17.1. The molecular weight excluding hydrogens is 805 g/mol. The maximum atomic E-state index is 6.39.